The van der Waals surface area contributed by atoms with Crippen LogP contribution in [0.25, 0.3) is 0 Å². The quantitative estimate of drug-likeness (QED) is 0.910. The zero-order chi connectivity index (χ0) is 17.9. The normalized spacial score (nSPS) is 27.7. The Morgan fingerprint density at radius 3 is 2.80 bits per heavy atom. The van der Waals surface area contributed by atoms with Gasteiger partial charge < -0.3 is 15.0 Å². The van der Waals surface area contributed by atoms with Crippen LogP contribution in [0.5, 0.6) is 0 Å². The van der Waals surface area contributed by atoms with Gasteiger partial charge in [-0.15, -0.1) is 0 Å². The average molecular weight is 344 g/mol. The van der Waals surface area contributed by atoms with Crippen LogP contribution in [-0.2, 0) is 9.53 Å². The topological polar surface area (TPSA) is 41.6 Å². The van der Waals surface area contributed by atoms with Gasteiger partial charge in [0.05, 0.1) is 18.7 Å². The summed E-state index contributed by atoms with van der Waals surface area (Å²) < 4.78 is 6.08. The number of piperidine rings is 1. The smallest absolute Gasteiger partial charge is 0.223 e. The molecule has 0 radical (unpaired) electrons. The minimum absolute atomic E-state index is 0.0233. The molecule has 4 heteroatoms. The van der Waals surface area contributed by atoms with Crippen molar-refractivity contribution in [2.45, 2.75) is 51.7 Å². The number of hydrogen-bond acceptors (Lipinski definition) is 3. The van der Waals surface area contributed by atoms with E-state index < -0.39 is 0 Å². The molecule has 1 N–H and O–H groups in total. The molecule has 0 bridgehead atoms. The first-order valence-corrected chi connectivity index (χ1v) is 9.65. The van der Waals surface area contributed by atoms with Gasteiger partial charge in [0.2, 0.25) is 5.91 Å². The molecule has 2 heterocycles. The first-order chi connectivity index (χ1) is 12.0. The molecular formula is C21H32N2O2. The van der Waals surface area contributed by atoms with Crippen LogP contribution < -0.4 is 5.32 Å². The molecule has 138 valence electrons. The summed E-state index contributed by atoms with van der Waals surface area (Å²) in [6, 6.07) is 10.2. The van der Waals surface area contributed by atoms with E-state index in [0.29, 0.717) is 31.4 Å². The van der Waals surface area contributed by atoms with Gasteiger partial charge in [-0.2, -0.15) is 0 Å². The standard InChI is InChI=1S/C21H32N2O2/c1-16(18-10-7-11-22-13-18)12-20(24)23-14-19(25-15-21(23,2)3)17-8-5-4-6-9-17/h4-6,8-9,16,18-19,22H,7,10-15H2,1-3H3. The number of carbonyl (C=O) groups is 1. The van der Waals surface area contributed by atoms with Crippen molar-refractivity contribution in [3.05, 3.63) is 35.9 Å². The molecule has 0 aliphatic carbocycles. The molecule has 0 spiro atoms. The fourth-order valence-electron chi connectivity index (χ4n) is 4.07. The van der Waals surface area contributed by atoms with Gasteiger partial charge in [-0.25, -0.2) is 0 Å². The molecule has 1 aromatic rings. The maximum atomic E-state index is 13.1. The van der Waals surface area contributed by atoms with Crippen LogP contribution in [0.15, 0.2) is 30.3 Å². The maximum Gasteiger partial charge on any atom is 0.223 e. The van der Waals surface area contributed by atoms with Crippen molar-refractivity contribution in [1.29, 1.82) is 0 Å². The summed E-state index contributed by atoms with van der Waals surface area (Å²) in [6.45, 7) is 9.85. The highest BCUT2D eigenvalue weighted by atomic mass is 16.5. The van der Waals surface area contributed by atoms with Crippen LogP contribution in [0.3, 0.4) is 0 Å². The van der Waals surface area contributed by atoms with Crippen molar-refractivity contribution in [3.63, 3.8) is 0 Å². The molecule has 1 aromatic carbocycles. The number of nitrogens with one attached hydrogen (secondary N) is 1. The maximum absolute atomic E-state index is 13.1. The Hall–Kier alpha value is -1.39. The second kappa shape index (κ2) is 7.88. The molecular weight excluding hydrogens is 312 g/mol. The zero-order valence-electron chi connectivity index (χ0n) is 15.8. The third-order valence-corrected chi connectivity index (χ3v) is 5.83. The van der Waals surface area contributed by atoms with E-state index in [2.05, 4.69) is 43.1 Å². The van der Waals surface area contributed by atoms with Gasteiger partial charge in [0.1, 0.15) is 6.10 Å². The van der Waals surface area contributed by atoms with Crippen LogP contribution in [0.4, 0.5) is 0 Å². The van der Waals surface area contributed by atoms with Gasteiger partial charge in [0.15, 0.2) is 0 Å². The first kappa shape index (κ1) is 18.4. The lowest BCUT2D eigenvalue weighted by Crippen LogP contribution is -2.56. The minimum atomic E-state index is -0.243. The molecule has 2 saturated heterocycles. The van der Waals surface area contributed by atoms with Gasteiger partial charge in [-0.1, -0.05) is 37.3 Å². The third-order valence-electron chi connectivity index (χ3n) is 5.83. The number of benzene rings is 1. The summed E-state index contributed by atoms with van der Waals surface area (Å²) in [5.74, 6) is 1.31. The molecule has 2 fully saturated rings. The lowest BCUT2D eigenvalue weighted by atomic mass is 9.84. The molecule has 2 aliphatic rings. The van der Waals surface area contributed by atoms with E-state index in [-0.39, 0.29) is 17.6 Å². The number of rotatable bonds is 4. The lowest BCUT2D eigenvalue weighted by molar-refractivity contribution is -0.156. The molecule has 0 aromatic heterocycles. The number of morpholine rings is 1. The van der Waals surface area contributed by atoms with E-state index in [4.69, 9.17) is 4.74 Å². The van der Waals surface area contributed by atoms with Gasteiger partial charge >= 0.3 is 0 Å². The fourth-order valence-corrected chi connectivity index (χ4v) is 4.07. The van der Waals surface area contributed by atoms with Gasteiger partial charge in [-0.05, 0) is 57.2 Å². The highest BCUT2D eigenvalue weighted by Gasteiger charge is 2.39. The lowest BCUT2D eigenvalue weighted by Gasteiger charge is -2.46. The predicted octanol–water partition coefficient (Wildman–Crippen LogP) is 3.39. The highest BCUT2D eigenvalue weighted by Crippen LogP contribution is 2.32. The molecule has 3 rings (SSSR count). The first-order valence-electron chi connectivity index (χ1n) is 9.65. The van der Waals surface area contributed by atoms with Crippen molar-refractivity contribution in [3.8, 4) is 0 Å². The predicted molar refractivity (Wildman–Crippen MR) is 100 cm³/mol. The van der Waals surface area contributed by atoms with Gasteiger partial charge in [-0.3, -0.25) is 4.79 Å². The summed E-state index contributed by atoms with van der Waals surface area (Å²) >= 11 is 0. The van der Waals surface area contributed by atoms with E-state index in [9.17, 15) is 4.79 Å². The number of hydrogen-bond donors (Lipinski definition) is 1. The van der Waals surface area contributed by atoms with E-state index in [1.807, 2.05) is 18.2 Å². The van der Waals surface area contributed by atoms with Crippen molar-refractivity contribution in [1.82, 2.24) is 10.2 Å². The Labute approximate surface area is 151 Å². The number of ether oxygens (including phenoxy) is 1. The van der Waals surface area contributed by atoms with Crippen LogP contribution in [0.1, 0.15) is 51.7 Å². The Balaban J connectivity index is 1.65. The zero-order valence-corrected chi connectivity index (χ0v) is 15.8. The second-order valence-corrected chi connectivity index (χ2v) is 8.31. The molecule has 2 aliphatic heterocycles. The third kappa shape index (κ3) is 4.42. The molecule has 1 amide bonds. The van der Waals surface area contributed by atoms with E-state index >= 15 is 0 Å². The van der Waals surface area contributed by atoms with Crippen molar-refractivity contribution < 1.29 is 9.53 Å². The summed E-state index contributed by atoms with van der Waals surface area (Å²) in [5.41, 5.74) is 0.910. The van der Waals surface area contributed by atoms with Gasteiger partial charge in [0, 0.05) is 6.42 Å². The molecule has 3 atom stereocenters. The largest absolute Gasteiger partial charge is 0.369 e. The second-order valence-electron chi connectivity index (χ2n) is 8.31. The number of nitrogens with zero attached hydrogens (tertiary/aromatic N) is 1. The SMILES string of the molecule is CC(CC(=O)N1CC(c2ccccc2)OCC1(C)C)C1CCCNC1. The summed E-state index contributed by atoms with van der Waals surface area (Å²) in [4.78, 5) is 15.2. The summed E-state index contributed by atoms with van der Waals surface area (Å²) in [6.07, 6.45) is 3.07. The summed E-state index contributed by atoms with van der Waals surface area (Å²) in [7, 11) is 0. The fraction of sp³-hybridized carbons (Fsp3) is 0.667. The highest BCUT2D eigenvalue weighted by molar-refractivity contribution is 5.77. The van der Waals surface area contributed by atoms with Crippen LogP contribution in [0.2, 0.25) is 0 Å². The Morgan fingerprint density at radius 1 is 1.36 bits per heavy atom. The van der Waals surface area contributed by atoms with E-state index in [1.54, 1.807) is 0 Å². The van der Waals surface area contributed by atoms with E-state index in [1.165, 1.54) is 12.8 Å². The molecule has 0 saturated carbocycles. The Bertz CT molecular complexity index is 567. The number of amides is 1. The minimum Gasteiger partial charge on any atom is -0.369 e. The van der Waals surface area contributed by atoms with Crippen LogP contribution in [0, 0.1) is 11.8 Å². The molecule has 3 unspecified atom stereocenters. The average Bonchev–Trinajstić information content (AvgIpc) is 2.63. The van der Waals surface area contributed by atoms with Crippen molar-refractivity contribution >= 4 is 5.91 Å². The van der Waals surface area contributed by atoms with Crippen molar-refractivity contribution in [2.24, 2.45) is 11.8 Å². The van der Waals surface area contributed by atoms with Gasteiger partial charge in [0.25, 0.3) is 0 Å². The molecule has 25 heavy (non-hydrogen) atoms. The number of carbonyl (C=O) groups excluding carboxylic acids is 1. The molecule has 4 nitrogen and oxygen atoms in total. The summed E-state index contributed by atoms with van der Waals surface area (Å²) in [5, 5.41) is 3.47. The van der Waals surface area contributed by atoms with Crippen LogP contribution >= 0.6 is 0 Å². The van der Waals surface area contributed by atoms with E-state index in [0.717, 1.165) is 18.7 Å². The monoisotopic (exact) mass is 344 g/mol. The Kier molecular flexibility index (Phi) is 5.80. The van der Waals surface area contributed by atoms with Crippen LogP contribution in [-0.4, -0.2) is 42.6 Å². The Morgan fingerprint density at radius 2 is 2.12 bits per heavy atom. The van der Waals surface area contributed by atoms with Crippen molar-refractivity contribution in [2.75, 3.05) is 26.2 Å².